The molecule has 1 saturated heterocycles. The maximum absolute atomic E-state index is 12.3. The molecule has 0 aliphatic carbocycles. The molecule has 24 heavy (non-hydrogen) atoms. The normalized spacial score (nSPS) is 15.1. The summed E-state index contributed by atoms with van der Waals surface area (Å²) >= 11 is 5.68. The van der Waals surface area contributed by atoms with Gasteiger partial charge in [-0.1, -0.05) is 0 Å². The molecule has 126 valence electrons. The second-order valence-corrected chi connectivity index (χ2v) is 5.95. The van der Waals surface area contributed by atoms with Crippen LogP contribution in [-0.2, 0) is 11.3 Å². The Morgan fingerprint density at radius 2 is 2.00 bits per heavy atom. The Hall–Kier alpha value is -2.11. The highest BCUT2D eigenvalue weighted by Gasteiger charge is 2.11. The number of carbonyl (C=O) groups excluding carboxylic acids is 1. The van der Waals surface area contributed by atoms with Gasteiger partial charge in [0.15, 0.2) is 5.78 Å². The lowest BCUT2D eigenvalue weighted by atomic mass is 10.1. The number of anilines is 1. The van der Waals surface area contributed by atoms with Crippen LogP contribution < -0.4 is 4.90 Å². The van der Waals surface area contributed by atoms with Crippen LogP contribution in [0.25, 0.3) is 6.08 Å². The maximum Gasteiger partial charge on any atom is 0.185 e. The van der Waals surface area contributed by atoms with Crippen molar-refractivity contribution in [1.82, 2.24) is 9.78 Å². The number of halogens is 1. The van der Waals surface area contributed by atoms with E-state index in [4.69, 9.17) is 16.3 Å². The average Bonchev–Trinajstić information content (AvgIpc) is 3.08. The molecule has 5 nitrogen and oxygen atoms in total. The van der Waals surface area contributed by atoms with E-state index in [0.717, 1.165) is 37.6 Å². The first kappa shape index (κ1) is 16.7. The highest BCUT2D eigenvalue weighted by atomic mass is 35.5. The predicted octanol–water partition coefficient (Wildman–Crippen LogP) is 2.85. The van der Waals surface area contributed by atoms with Crippen molar-refractivity contribution in [3.63, 3.8) is 0 Å². The summed E-state index contributed by atoms with van der Waals surface area (Å²) in [5, 5.41) is 4.17. The van der Waals surface area contributed by atoms with Gasteiger partial charge in [0.1, 0.15) is 0 Å². The van der Waals surface area contributed by atoms with Crippen molar-refractivity contribution in [2.75, 3.05) is 37.1 Å². The summed E-state index contributed by atoms with van der Waals surface area (Å²) < 4.78 is 7.11. The minimum atomic E-state index is -0.0198. The fraction of sp³-hybridized carbons (Fsp3) is 0.333. The van der Waals surface area contributed by atoms with Gasteiger partial charge in [0.2, 0.25) is 0 Å². The van der Waals surface area contributed by atoms with Gasteiger partial charge in [-0.05, 0) is 36.4 Å². The first-order valence-electron chi connectivity index (χ1n) is 8.00. The average molecular weight is 346 g/mol. The van der Waals surface area contributed by atoms with Gasteiger partial charge < -0.3 is 9.64 Å². The summed E-state index contributed by atoms with van der Waals surface area (Å²) in [4.78, 5) is 14.5. The Kier molecular flexibility index (Phi) is 5.67. The number of aryl methyl sites for hydroxylation is 1. The molecule has 1 aliphatic rings. The highest BCUT2D eigenvalue weighted by Crippen LogP contribution is 2.17. The van der Waals surface area contributed by atoms with Gasteiger partial charge >= 0.3 is 0 Å². The van der Waals surface area contributed by atoms with Crippen molar-refractivity contribution in [1.29, 1.82) is 0 Å². The van der Waals surface area contributed by atoms with E-state index in [2.05, 4.69) is 10.00 Å². The molecule has 0 atom stereocenters. The van der Waals surface area contributed by atoms with Crippen molar-refractivity contribution in [2.24, 2.45) is 0 Å². The van der Waals surface area contributed by atoms with E-state index in [1.807, 2.05) is 30.5 Å². The van der Waals surface area contributed by atoms with E-state index in [1.54, 1.807) is 23.0 Å². The minimum Gasteiger partial charge on any atom is -0.378 e. The second-order valence-electron chi connectivity index (χ2n) is 5.57. The van der Waals surface area contributed by atoms with E-state index in [1.165, 1.54) is 0 Å². The second kappa shape index (κ2) is 8.13. The smallest absolute Gasteiger partial charge is 0.185 e. The molecule has 1 fully saturated rings. The van der Waals surface area contributed by atoms with Gasteiger partial charge in [-0.25, -0.2) is 0 Å². The number of rotatable bonds is 6. The van der Waals surface area contributed by atoms with Crippen LogP contribution in [0.3, 0.4) is 0 Å². The van der Waals surface area contributed by atoms with Gasteiger partial charge in [-0.3, -0.25) is 9.48 Å². The van der Waals surface area contributed by atoms with E-state index in [9.17, 15) is 4.79 Å². The van der Waals surface area contributed by atoms with Crippen molar-refractivity contribution >= 4 is 29.1 Å². The molecule has 1 aromatic carbocycles. The molecule has 6 heteroatoms. The third-order valence-corrected chi connectivity index (χ3v) is 4.09. The molecule has 0 saturated carbocycles. The molecule has 0 amide bonds. The molecule has 1 aliphatic heterocycles. The fourth-order valence-electron chi connectivity index (χ4n) is 2.60. The zero-order valence-electron chi connectivity index (χ0n) is 13.4. The summed E-state index contributed by atoms with van der Waals surface area (Å²) in [7, 11) is 0. The molecular weight excluding hydrogens is 326 g/mol. The molecule has 2 heterocycles. The molecule has 1 aromatic heterocycles. The largest absolute Gasteiger partial charge is 0.378 e. The zero-order valence-corrected chi connectivity index (χ0v) is 14.2. The number of benzene rings is 1. The minimum absolute atomic E-state index is 0.0198. The Balaban J connectivity index is 1.62. The van der Waals surface area contributed by atoms with E-state index in [0.29, 0.717) is 18.0 Å². The quantitative estimate of drug-likeness (QED) is 0.459. The van der Waals surface area contributed by atoms with Crippen molar-refractivity contribution in [3.8, 4) is 0 Å². The first-order chi connectivity index (χ1) is 11.8. The molecule has 0 bridgehead atoms. The van der Waals surface area contributed by atoms with Gasteiger partial charge in [0, 0.05) is 42.0 Å². The number of hydrogen-bond donors (Lipinski definition) is 0. The third kappa shape index (κ3) is 4.24. The van der Waals surface area contributed by atoms with Crippen LogP contribution in [0.4, 0.5) is 5.69 Å². The van der Waals surface area contributed by atoms with Crippen LogP contribution in [0.1, 0.15) is 15.9 Å². The lowest BCUT2D eigenvalue weighted by molar-refractivity contribution is 0.104. The Bertz CT molecular complexity index is 703. The number of ketones is 1. The number of nitrogens with zero attached hydrogens (tertiary/aromatic N) is 3. The van der Waals surface area contributed by atoms with Crippen LogP contribution in [0.2, 0.25) is 0 Å². The third-order valence-electron chi connectivity index (χ3n) is 3.92. The van der Waals surface area contributed by atoms with Crippen molar-refractivity contribution in [3.05, 3.63) is 53.9 Å². The number of hydrogen-bond acceptors (Lipinski definition) is 4. The van der Waals surface area contributed by atoms with Gasteiger partial charge in [0.05, 0.1) is 26.0 Å². The molecule has 0 radical (unpaired) electrons. The van der Waals surface area contributed by atoms with Crippen LogP contribution >= 0.6 is 11.6 Å². The number of ether oxygens (including phenoxy) is 1. The van der Waals surface area contributed by atoms with Crippen molar-refractivity contribution in [2.45, 2.75) is 6.54 Å². The lowest BCUT2D eigenvalue weighted by Gasteiger charge is -2.28. The standard InChI is InChI=1S/C18H20ClN3O2/c19-7-8-22-14-15(13-20-22)1-6-18(23)16-2-4-17(5-3-16)21-9-11-24-12-10-21/h1-6,13-14H,7-12H2/b6-1+. The number of aromatic nitrogens is 2. The molecular formula is C18H20ClN3O2. The van der Waals surface area contributed by atoms with Gasteiger partial charge in [0.25, 0.3) is 0 Å². The van der Waals surface area contributed by atoms with E-state index in [-0.39, 0.29) is 5.78 Å². The van der Waals surface area contributed by atoms with Crippen molar-refractivity contribution < 1.29 is 9.53 Å². The van der Waals surface area contributed by atoms with Gasteiger partial charge in [-0.15, -0.1) is 11.6 Å². The lowest BCUT2D eigenvalue weighted by Crippen LogP contribution is -2.36. The summed E-state index contributed by atoms with van der Waals surface area (Å²) in [6.07, 6.45) is 6.94. The number of alkyl halides is 1. The Morgan fingerprint density at radius 3 is 2.71 bits per heavy atom. The molecule has 2 aromatic rings. The summed E-state index contributed by atoms with van der Waals surface area (Å²) in [5.74, 6) is 0.493. The van der Waals surface area contributed by atoms with Crippen LogP contribution in [0.5, 0.6) is 0 Å². The van der Waals surface area contributed by atoms with Crippen LogP contribution in [0, 0.1) is 0 Å². The fourth-order valence-corrected chi connectivity index (χ4v) is 2.77. The monoisotopic (exact) mass is 345 g/mol. The molecule has 3 rings (SSSR count). The highest BCUT2D eigenvalue weighted by molar-refractivity contribution is 6.17. The molecule has 0 unspecified atom stereocenters. The predicted molar refractivity (Wildman–Crippen MR) is 95.8 cm³/mol. The summed E-state index contributed by atoms with van der Waals surface area (Å²) in [5.41, 5.74) is 2.69. The Labute approximate surface area is 146 Å². The zero-order chi connectivity index (χ0) is 16.8. The molecule has 0 N–H and O–H groups in total. The van der Waals surface area contributed by atoms with E-state index < -0.39 is 0 Å². The number of morpholine rings is 1. The maximum atomic E-state index is 12.3. The number of carbonyl (C=O) groups is 1. The topological polar surface area (TPSA) is 47.4 Å². The summed E-state index contributed by atoms with van der Waals surface area (Å²) in [6.45, 7) is 3.94. The Morgan fingerprint density at radius 1 is 1.25 bits per heavy atom. The van der Waals surface area contributed by atoms with Crippen LogP contribution in [0.15, 0.2) is 42.7 Å². The molecule has 0 spiro atoms. The van der Waals surface area contributed by atoms with E-state index >= 15 is 0 Å². The SMILES string of the molecule is O=C(/C=C/c1cnn(CCCl)c1)c1ccc(N2CCOCC2)cc1. The van der Waals surface area contributed by atoms with Gasteiger partial charge in [-0.2, -0.15) is 5.10 Å². The summed E-state index contributed by atoms with van der Waals surface area (Å²) in [6, 6.07) is 7.72. The number of allylic oxidation sites excluding steroid dienone is 1. The van der Waals surface area contributed by atoms with Crippen LogP contribution in [-0.4, -0.2) is 47.7 Å². The first-order valence-corrected chi connectivity index (χ1v) is 8.53.